The van der Waals surface area contributed by atoms with E-state index in [-0.39, 0.29) is 24.9 Å². The Morgan fingerprint density at radius 3 is 2.68 bits per heavy atom. The lowest BCUT2D eigenvalue weighted by Crippen LogP contribution is -2.43. The van der Waals surface area contributed by atoms with Crippen LogP contribution in [0.1, 0.15) is 29.9 Å². The molecule has 0 bridgehead atoms. The molecule has 1 aromatic heterocycles. The van der Waals surface area contributed by atoms with Crippen molar-refractivity contribution in [2.45, 2.75) is 20.4 Å². The molecular formula is C13H20N4O2. The molecule has 0 spiro atoms. The maximum atomic E-state index is 12.0. The van der Waals surface area contributed by atoms with E-state index < -0.39 is 5.41 Å². The van der Waals surface area contributed by atoms with E-state index in [9.17, 15) is 9.59 Å². The van der Waals surface area contributed by atoms with Gasteiger partial charge in [0.25, 0.3) is 5.91 Å². The first kappa shape index (κ1) is 15.1. The average Bonchev–Trinajstić information content (AvgIpc) is 2.43. The second-order valence-corrected chi connectivity index (χ2v) is 4.89. The lowest BCUT2D eigenvalue weighted by Gasteiger charge is -2.22. The Bertz CT molecular complexity index is 471. The molecule has 0 fully saturated rings. The molecule has 4 N–H and O–H groups in total. The molecule has 0 radical (unpaired) electrons. The summed E-state index contributed by atoms with van der Waals surface area (Å²) in [6.45, 7) is 4.07. The fraction of sp³-hybridized carbons (Fsp3) is 0.462. The molecule has 0 atom stereocenters. The molecule has 1 rings (SSSR count). The third-order valence-electron chi connectivity index (χ3n) is 2.82. The van der Waals surface area contributed by atoms with Gasteiger partial charge in [0.2, 0.25) is 5.91 Å². The summed E-state index contributed by atoms with van der Waals surface area (Å²) in [5, 5.41) is 5.31. The van der Waals surface area contributed by atoms with Crippen LogP contribution in [0.15, 0.2) is 18.3 Å². The monoisotopic (exact) mass is 264 g/mol. The SMILES string of the molecule is CNC(=O)C(C)(C)CNC(=O)c1ccnc(CN)c1. The number of carbonyl (C=O) groups excluding carboxylic acids is 2. The number of amides is 2. The summed E-state index contributed by atoms with van der Waals surface area (Å²) in [7, 11) is 1.57. The van der Waals surface area contributed by atoms with Crippen molar-refractivity contribution in [2.75, 3.05) is 13.6 Å². The zero-order valence-corrected chi connectivity index (χ0v) is 11.5. The summed E-state index contributed by atoms with van der Waals surface area (Å²) in [6.07, 6.45) is 1.54. The molecule has 0 aliphatic carbocycles. The van der Waals surface area contributed by atoms with E-state index in [4.69, 9.17) is 5.73 Å². The number of aromatic nitrogens is 1. The van der Waals surface area contributed by atoms with E-state index in [1.807, 2.05) is 0 Å². The molecule has 0 aliphatic rings. The van der Waals surface area contributed by atoms with Crippen LogP contribution in [0.3, 0.4) is 0 Å². The molecule has 1 heterocycles. The molecule has 6 heteroatoms. The van der Waals surface area contributed by atoms with Crippen molar-refractivity contribution < 1.29 is 9.59 Å². The number of nitrogens with one attached hydrogen (secondary N) is 2. The Kier molecular flexibility index (Phi) is 5.00. The van der Waals surface area contributed by atoms with E-state index in [0.29, 0.717) is 11.3 Å². The second-order valence-electron chi connectivity index (χ2n) is 4.89. The highest BCUT2D eigenvalue weighted by molar-refractivity contribution is 5.94. The molecular weight excluding hydrogens is 244 g/mol. The molecule has 0 aromatic carbocycles. The van der Waals surface area contributed by atoms with Gasteiger partial charge < -0.3 is 16.4 Å². The van der Waals surface area contributed by atoms with Gasteiger partial charge in [-0.1, -0.05) is 0 Å². The third-order valence-corrected chi connectivity index (χ3v) is 2.82. The van der Waals surface area contributed by atoms with Crippen LogP contribution in [-0.2, 0) is 11.3 Å². The van der Waals surface area contributed by atoms with E-state index in [0.717, 1.165) is 0 Å². The van der Waals surface area contributed by atoms with Gasteiger partial charge >= 0.3 is 0 Å². The Hall–Kier alpha value is -1.95. The smallest absolute Gasteiger partial charge is 0.251 e. The van der Waals surface area contributed by atoms with Crippen molar-refractivity contribution >= 4 is 11.8 Å². The summed E-state index contributed by atoms with van der Waals surface area (Å²) in [5.41, 5.74) is 5.95. The van der Waals surface area contributed by atoms with Crippen molar-refractivity contribution in [2.24, 2.45) is 11.1 Å². The summed E-state index contributed by atoms with van der Waals surface area (Å²) >= 11 is 0. The molecule has 0 saturated heterocycles. The summed E-state index contributed by atoms with van der Waals surface area (Å²) in [4.78, 5) is 27.6. The van der Waals surface area contributed by atoms with Gasteiger partial charge in [-0.15, -0.1) is 0 Å². The van der Waals surface area contributed by atoms with Crippen LogP contribution < -0.4 is 16.4 Å². The van der Waals surface area contributed by atoms with Crippen molar-refractivity contribution in [1.82, 2.24) is 15.6 Å². The lowest BCUT2D eigenvalue weighted by molar-refractivity contribution is -0.128. The second kappa shape index (κ2) is 6.29. The first-order valence-corrected chi connectivity index (χ1v) is 6.06. The van der Waals surface area contributed by atoms with E-state index in [1.54, 1.807) is 39.2 Å². The minimum absolute atomic E-state index is 0.120. The number of nitrogens with two attached hydrogens (primary N) is 1. The highest BCUT2D eigenvalue weighted by Gasteiger charge is 2.27. The first-order chi connectivity index (χ1) is 8.90. The van der Waals surface area contributed by atoms with Gasteiger partial charge in [-0.25, -0.2) is 0 Å². The van der Waals surface area contributed by atoms with Crippen LogP contribution in [0.5, 0.6) is 0 Å². The van der Waals surface area contributed by atoms with Crippen LogP contribution in [-0.4, -0.2) is 30.4 Å². The Balaban J connectivity index is 2.67. The summed E-state index contributed by atoms with van der Waals surface area (Å²) in [6, 6.07) is 3.25. The van der Waals surface area contributed by atoms with Gasteiger partial charge in [0.05, 0.1) is 11.1 Å². The van der Waals surface area contributed by atoms with Gasteiger partial charge in [-0.3, -0.25) is 14.6 Å². The topological polar surface area (TPSA) is 97.1 Å². The zero-order valence-electron chi connectivity index (χ0n) is 11.5. The highest BCUT2D eigenvalue weighted by atomic mass is 16.2. The minimum Gasteiger partial charge on any atom is -0.359 e. The van der Waals surface area contributed by atoms with Crippen molar-refractivity contribution in [3.8, 4) is 0 Å². The van der Waals surface area contributed by atoms with E-state index in [2.05, 4.69) is 15.6 Å². The third kappa shape index (κ3) is 4.03. The highest BCUT2D eigenvalue weighted by Crippen LogP contribution is 2.13. The van der Waals surface area contributed by atoms with Gasteiger partial charge in [0, 0.05) is 31.9 Å². The van der Waals surface area contributed by atoms with Crippen LogP contribution in [0.25, 0.3) is 0 Å². The predicted octanol–water partition coefficient (Wildman–Crippen LogP) is 0.0423. The molecule has 1 aromatic rings. The number of carbonyl (C=O) groups is 2. The van der Waals surface area contributed by atoms with Crippen LogP contribution >= 0.6 is 0 Å². The van der Waals surface area contributed by atoms with Crippen molar-refractivity contribution in [1.29, 1.82) is 0 Å². The maximum absolute atomic E-state index is 12.0. The van der Waals surface area contributed by atoms with Gasteiger partial charge in [-0.05, 0) is 26.0 Å². The first-order valence-electron chi connectivity index (χ1n) is 6.06. The Morgan fingerprint density at radius 1 is 1.42 bits per heavy atom. The number of hydrogen-bond donors (Lipinski definition) is 3. The molecule has 6 nitrogen and oxygen atoms in total. The number of nitrogens with zero attached hydrogens (tertiary/aromatic N) is 1. The van der Waals surface area contributed by atoms with Crippen LogP contribution in [0, 0.1) is 5.41 Å². The van der Waals surface area contributed by atoms with Crippen molar-refractivity contribution in [3.63, 3.8) is 0 Å². The van der Waals surface area contributed by atoms with Gasteiger partial charge in [-0.2, -0.15) is 0 Å². The molecule has 0 unspecified atom stereocenters. The van der Waals surface area contributed by atoms with Crippen molar-refractivity contribution in [3.05, 3.63) is 29.6 Å². The maximum Gasteiger partial charge on any atom is 0.251 e. The quantitative estimate of drug-likeness (QED) is 0.699. The average molecular weight is 264 g/mol. The van der Waals surface area contributed by atoms with E-state index in [1.165, 1.54) is 0 Å². The fourth-order valence-electron chi connectivity index (χ4n) is 1.55. The predicted molar refractivity (Wildman–Crippen MR) is 72.3 cm³/mol. The molecule has 0 saturated carbocycles. The van der Waals surface area contributed by atoms with Crippen LogP contribution in [0.2, 0.25) is 0 Å². The Morgan fingerprint density at radius 2 is 2.11 bits per heavy atom. The van der Waals surface area contributed by atoms with Gasteiger partial charge in [0.15, 0.2) is 0 Å². The molecule has 19 heavy (non-hydrogen) atoms. The standard InChI is InChI=1S/C13H20N4O2/c1-13(2,12(19)15-3)8-17-11(18)9-4-5-16-10(6-9)7-14/h4-6H,7-8,14H2,1-3H3,(H,15,19)(H,17,18). The van der Waals surface area contributed by atoms with Gasteiger partial charge in [0.1, 0.15) is 0 Å². The normalized spacial score (nSPS) is 10.9. The Labute approximate surface area is 112 Å². The molecule has 0 aliphatic heterocycles. The minimum atomic E-state index is -0.659. The molecule has 2 amide bonds. The number of rotatable bonds is 5. The number of hydrogen-bond acceptors (Lipinski definition) is 4. The number of pyridine rings is 1. The zero-order chi connectivity index (χ0) is 14.5. The largest absolute Gasteiger partial charge is 0.359 e. The summed E-state index contributed by atoms with van der Waals surface area (Å²) < 4.78 is 0. The van der Waals surface area contributed by atoms with Crippen LogP contribution in [0.4, 0.5) is 0 Å². The molecule has 104 valence electrons. The summed E-state index contributed by atoms with van der Waals surface area (Å²) in [5.74, 6) is -0.362. The van der Waals surface area contributed by atoms with E-state index >= 15 is 0 Å². The fourth-order valence-corrected chi connectivity index (χ4v) is 1.55. The lowest BCUT2D eigenvalue weighted by atomic mass is 9.92.